The Morgan fingerprint density at radius 2 is 1.84 bits per heavy atom. The molecule has 2 atom stereocenters. The van der Waals surface area contributed by atoms with Crippen molar-refractivity contribution >= 4 is 10.0 Å². The van der Waals surface area contributed by atoms with Gasteiger partial charge in [-0.25, -0.2) is 13.1 Å². The van der Waals surface area contributed by atoms with Crippen molar-refractivity contribution in [3.05, 3.63) is 29.8 Å². The van der Waals surface area contributed by atoms with Gasteiger partial charge in [0, 0.05) is 12.6 Å². The number of ether oxygens (including phenoxy) is 1. The molecule has 0 spiro atoms. The lowest BCUT2D eigenvalue weighted by molar-refractivity contribution is 0.133. The monoisotopic (exact) mass is 287 g/mol. The summed E-state index contributed by atoms with van der Waals surface area (Å²) in [5, 5.41) is 9.38. The van der Waals surface area contributed by atoms with Crippen LogP contribution in [0.1, 0.15) is 32.4 Å². The lowest BCUT2D eigenvalue weighted by Crippen LogP contribution is -2.35. The average Bonchev–Trinajstić information content (AvgIpc) is 2.36. The zero-order valence-electron chi connectivity index (χ0n) is 11.5. The lowest BCUT2D eigenvalue weighted by atomic mass is 10.1. The second kappa shape index (κ2) is 7.00. The maximum atomic E-state index is 12.1. The van der Waals surface area contributed by atoms with E-state index in [1.54, 1.807) is 26.0 Å². The molecule has 2 N–H and O–H groups in total. The standard InChI is InChI=1S/C13H21NO4S/c1-4-18-9-10(2)14-19(16,17)13-7-5-12(6-8-13)11(3)15/h5-8,10-11,14-15H,4,9H2,1-3H3. The summed E-state index contributed by atoms with van der Waals surface area (Å²) in [7, 11) is -3.54. The molecule has 1 aromatic rings. The molecule has 19 heavy (non-hydrogen) atoms. The second-order valence-electron chi connectivity index (χ2n) is 4.43. The summed E-state index contributed by atoms with van der Waals surface area (Å²) in [6, 6.07) is 5.88. The van der Waals surface area contributed by atoms with Crippen LogP contribution in [0.2, 0.25) is 0 Å². The first-order chi connectivity index (χ1) is 8.86. The highest BCUT2D eigenvalue weighted by molar-refractivity contribution is 7.89. The van der Waals surface area contributed by atoms with E-state index in [4.69, 9.17) is 4.74 Å². The maximum absolute atomic E-state index is 12.1. The molecule has 0 heterocycles. The SMILES string of the molecule is CCOCC(C)NS(=O)(=O)c1ccc(C(C)O)cc1. The van der Waals surface area contributed by atoms with Crippen LogP contribution in [0.5, 0.6) is 0 Å². The van der Waals surface area contributed by atoms with Crippen LogP contribution >= 0.6 is 0 Å². The second-order valence-corrected chi connectivity index (χ2v) is 6.14. The number of hydrogen-bond acceptors (Lipinski definition) is 4. The summed E-state index contributed by atoms with van der Waals surface area (Å²) in [5.74, 6) is 0. The van der Waals surface area contributed by atoms with Gasteiger partial charge < -0.3 is 9.84 Å². The van der Waals surface area contributed by atoms with Crippen molar-refractivity contribution in [3.63, 3.8) is 0 Å². The molecule has 0 aliphatic carbocycles. The van der Waals surface area contributed by atoms with E-state index in [1.807, 2.05) is 6.92 Å². The third-order valence-electron chi connectivity index (χ3n) is 2.60. The van der Waals surface area contributed by atoms with Crippen molar-refractivity contribution in [3.8, 4) is 0 Å². The van der Waals surface area contributed by atoms with Gasteiger partial charge in [-0.1, -0.05) is 12.1 Å². The van der Waals surface area contributed by atoms with Gasteiger partial charge in [0.15, 0.2) is 0 Å². The molecule has 1 rings (SSSR count). The molecule has 0 saturated carbocycles. The van der Waals surface area contributed by atoms with Gasteiger partial charge in [0.05, 0.1) is 17.6 Å². The number of hydrogen-bond donors (Lipinski definition) is 2. The van der Waals surface area contributed by atoms with Gasteiger partial charge in [0.2, 0.25) is 10.0 Å². The summed E-state index contributed by atoms with van der Waals surface area (Å²) in [4.78, 5) is 0.181. The Hall–Kier alpha value is -0.950. The Kier molecular flexibility index (Phi) is 5.93. The molecule has 0 aromatic heterocycles. The zero-order chi connectivity index (χ0) is 14.5. The van der Waals surface area contributed by atoms with E-state index in [0.717, 1.165) is 0 Å². The molecule has 0 amide bonds. The average molecular weight is 287 g/mol. The van der Waals surface area contributed by atoms with Gasteiger partial charge >= 0.3 is 0 Å². The number of benzene rings is 1. The summed E-state index contributed by atoms with van der Waals surface area (Å²) >= 11 is 0. The Morgan fingerprint density at radius 3 is 2.32 bits per heavy atom. The number of nitrogens with one attached hydrogen (secondary N) is 1. The first-order valence-electron chi connectivity index (χ1n) is 6.25. The van der Waals surface area contributed by atoms with Crippen LogP contribution < -0.4 is 4.72 Å². The van der Waals surface area contributed by atoms with Crippen molar-refractivity contribution in [1.82, 2.24) is 4.72 Å². The summed E-state index contributed by atoms with van der Waals surface area (Å²) < 4.78 is 31.8. The third kappa shape index (κ3) is 4.91. The van der Waals surface area contributed by atoms with E-state index >= 15 is 0 Å². The predicted molar refractivity (Wildman–Crippen MR) is 73.4 cm³/mol. The van der Waals surface area contributed by atoms with Crippen LogP contribution in [0.25, 0.3) is 0 Å². The molecular formula is C13H21NO4S. The van der Waals surface area contributed by atoms with Gasteiger partial charge in [-0.2, -0.15) is 0 Å². The van der Waals surface area contributed by atoms with Crippen LogP contribution in [-0.4, -0.2) is 32.8 Å². The van der Waals surface area contributed by atoms with Crippen LogP contribution in [0.15, 0.2) is 29.2 Å². The van der Waals surface area contributed by atoms with Gasteiger partial charge in [-0.3, -0.25) is 0 Å². The largest absolute Gasteiger partial charge is 0.389 e. The van der Waals surface area contributed by atoms with Crippen molar-refractivity contribution in [2.45, 2.75) is 37.8 Å². The fraction of sp³-hybridized carbons (Fsp3) is 0.538. The van der Waals surface area contributed by atoms with Crippen molar-refractivity contribution in [2.75, 3.05) is 13.2 Å². The van der Waals surface area contributed by atoms with Crippen LogP contribution in [0, 0.1) is 0 Å². The summed E-state index contributed by atoms with van der Waals surface area (Å²) in [6.07, 6.45) is -0.610. The smallest absolute Gasteiger partial charge is 0.240 e. The minimum Gasteiger partial charge on any atom is -0.389 e. The minimum absolute atomic E-state index is 0.181. The Balaban J connectivity index is 2.77. The Labute approximate surface area is 114 Å². The predicted octanol–water partition coefficient (Wildman–Crippen LogP) is 1.44. The van der Waals surface area contributed by atoms with Gasteiger partial charge in [0.25, 0.3) is 0 Å². The molecule has 0 saturated heterocycles. The molecule has 108 valence electrons. The molecule has 0 radical (unpaired) electrons. The number of aliphatic hydroxyl groups excluding tert-OH is 1. The first-order valence-corrected chi connectivity index (χ1v) is 7.73. The van der Waals surface area contributed by atoms with Gasteiger partial charge in [-0.15, -0.1) is 0 Å². The van der Waals surface area contributed by atoms with E-state index in [1.165, 1.54) is 12.1 Å². The van der Waals surface area contributed by atoms with Crippen LogP contribution in [0.3, 0.4) is 0 Å². The highest BCUT2D eigenvalue weighted by Crippen LogP contribution is 2.16. The molecule has 0 aliphatic rings. The van der Waals surface area contributed by atoms with Crippen molar-refractivity contribution < 1.29 is 18.3 Å². The molecule has 2 unspecified atom stereocenters. The Bertz CT molecular complexity index is 482. The molecule has 0 aliphatic heterocycles. The molecule has 6 heteroatoms. The lowest BCUT2D eigenvalue weighted by Gasteiger charge is -2.14. The van der Waals surface area contributed by atoms with Gasteiger partial charge in [-0.05, 0) is 38.5 Å². The highest BCUT2D eigenvalue weighted by atomic mass is 32.2. The van der Waals surface area contributed by atoms with E-state index in [9.17, 15) is 13.5 Å². The van der Waals surface area contributed by atoms with Crippen LogP contribution in [0.4, 0.5) is 0 Å². The molecule has 1 aromatic carbocycles. The summed E-state index contributed by atoms with van der Waals surface area (Å²) in [6.45, 7) is 6.12. The quantitative estimate of drug-likeness (QED) is 0.796. The third-order valence-corrected chi connectivity index (χ3v) is 4.21. The number of rotatable bonds is 7. The summed E-state index contributed by atoms with van der Waals surface area (Å²) in [5.41, 5.74) is 0.682. The molecule has 0 fully saturated rings. The van der Waals surface area contributed by atoms with E-state index in [-0.39, 0.29) is 10.9 Å². The maximum Gasteiger partial charge on any atom is 0.240 e. The Morgan fingerprint density at radius 1 is 1.26 bits per heavy atom. The fourth-order valence-corrected chi connectivity index (χ4v) is 2.82. The van der Waals surface area contributed by atoms with E-state index < -0.39 is 16.1 Å². The topological polar surface area (TPSA) is 75.6 Å². The molecule has 5 nitrogen and oxygen atoms in total. The highest BCUT2D eigenvalue weighted by Gasteiger charge is 2.17. The van der Waals surface area contributed by atoms with Crippen LogP contribution in [-0.2, 0) is 14.8 Å². The van der Waals surface area contributed by atoms with E-state index in [2.05, 4.69) is 4.72 Å². The molecular weight excluding hydrogens is 266 g/mol. The normalized spacial score (nSPS) is 15.2. The minimum atomic E-state index is -3.54. The van der Waals surface area contributed by atoms with Crippen molar-refractivity contribution in [2.24, 2.45) is 0 Å². The number of sulfonamides is 1. The fourth-order valence-electron chi connectivity index (χ4n) is 1.59. The zero-order valence-corrected chi connectivity index (χ0v) is 12.3. The first kappa shape index (κ1) is 16.1. The molecule has 0 bridgehead atoms. The van der Waals surface area contributed by atoms with Crippen molar-refractivity contribution in [1.29, 1.82) is 0 Å². The van der Waals surface area contributed by atoms with E-state index in [0.29, 0.717) is 18.8 Å². The van der Waals surface area contributed by atoms with Gasteiger partial charge in [0.1, 0.15) is 0 Å². The number of aliphatic hydroxyl groups is 1.